The van der Waals surface area contributed by atoms with Crippen LogP contribution in [0.1, 0.15) is 5.82 Å². The molecule has 2 aromatic heterocycles. The highest BCUT2D eigenvalue weighted by atomic mass is 79.9. The minimum Gasteiger partial charge on any atom is -0.484 e. The number of nitrogens with zero attached hydrogens (tertiary/aromatic N) is 4. The van der Waals surface area contributed by atoms with Gasteiger partial charge < -0.3 is 10.1 Å². The van der Waals surface area contributed by atoms with Crippen LogP contribution in [0.4, 0.5) is 5.82 Å². The molecule has 0 saturated heterocycles. The Balaban J connectivity index is 1.90. The number of hydrogen-bond donors (Lipinski definition) is 1. The molecular weight excluding hydrogens is 334 g/mol. The van der Waals surface area contributed by atoms with Gasteiger partial charge in [-0.1, -0.05) is 12.1 Å². The van der Waals surface area contributed by atoms with Gasteiger partial charge in [-0.15, -0.1) is 0 Å². The fraction of sp³-hybridized carbons (Fsp3) is 0.214. The molecule has 0 radical (unpaired) electrons. The largest absolute Gasteiger partial charge is 0.484 e. The van der Waals surface area contributed by atoms with Crippen molar-refractivity contribution < 1.29 is 4.74 Å². The first kappa shape index (κ1) is 13.8. The number of anilines is 1. The maximum absolute atomic E-state index is 5.76. The third kappa shape index (κ3) is 2.69. The van der Waals surface area contributed by atoms with E-state index in [4.69, 9.17) is 4.74 Å². The van der Waals surface area contributed by atoms with Gasteiger partial charge in [-0.05, 0) is 28.1 Å². The van der Waals surface area contributed by atoms with Crippen LogP contribution in [-0.4, -0.2) is 26.8 Å². The molecule has 21 heavy (non-hydrogen) atoms. The second kappa shape index (κ2) is 5.69. The zero-order valence-corrected chi connectivity index (χ0v) is 13.3. The molecule has 0 bridgehead atoms. The Labute approximate surface area is 130 Å². The maximum Gasteiger partial charge on any atom is 0.170 e. The summed E-state index contributed by atoms with van der Waals surface area (Å²) in [5.74, 6) is 2.11. The summed E-state index contributed by atoms with van der Waals surface area (Å²) in [5, 5.41) is 8.16. The smallest absolute Gasteiger partial charge is 0.170 e. The Morgan fingerprint density at radius 3 is 2.86 bits per heavy atom. The van der Waals surface area contributed by atoms with Gasteiger partial charge in [0.15, 0.2) is 11.5 Å². The van der Waals surface area contributed by atoms with E-state index in [1.54, 1.807) is 10.9 Å². The second-order valence-electron chi connectivity index (χ2n) is 4.46. The second-order valence-corrected chi connectivity index (χ2v) is 5.32. The molecule has 6 nitrogen and oxygen atoms in total. The minimum atomic E-state index is 0.290. The molecule has 0 unspecified atom stereocenters. The number of rotatable bonds is 4. The SMILES string of the molecule is CNc1nc(COc2ccccc2Br)nc2c1cnn2C. The van der Waals surface area contributed by atoms with Crippen molar-refractivity contribution in [1.29, 1.82) is 0 Å². The molecule has 1 aromatic carbocycles. The van der Waals surface area contributed by atoms with Crippen molar-refractivity contribution in [1.82, 2.24) is 19.7 Å². The maximum atomic E-state index is 5.76. The molecule has 108 valence electrons. The number of aryl methyl sites for hydroxylation is 1. The minimum absolute atomic E-state index is 0.290. The first-order valence-electron chi connectivity index (χ1n) is 6.42. The van der Waals surface area contributed by atoms with Crippen LogP contribution < -0.4 is 10.1 Å². The van der Waals surface area contributed by atoms with Crippen LogP contribution in [-0.2, 0) is 13.7 Å². The molecule has 3 aromatic rings. The fourth-order valence-corrected chi connectivity index (χ4v) is 2.43. The lowest BCUT2D eigenvalue weighted by atomic mass is 10.3. The molecule has 0 aliphatic rings. The van der Waals surface area contributed by atoms with E-state index in [2.05, 4.69) is 36.3 Å². The van der Waals surface area contributed by atoms with Crippen molar-refractivity contribution in [3.05, 3.63) is 40.8 Å². The first-order valence-corrected chi connectivity index (χ1v) is 7.22. The van der Waals surface area contributed by atoms with Crippen LogP contribution >= 0.6 is 15.9 Å². The normalized spacial score (nSPS) is 10.8. The zero-order chi connectivity index (χ0) is 14.8. The highest BCUT2D eigenvalue weighted by molar-refractivity contribution is 9.10. The average Bonchev–Trinajstić information content (AvgIpc) is 2.87. The van der Waals surface area contributed by atoms with Gasteiger partial charge in [-0.2, -0.15) is 5.10 Å². The summed E-state index contributed by atoms with van der Waals surface area (Å²) >= 11 is 3.45. The van der Waals surface area contributed by atoms with Crippen LogP contribution in [0.15, 0.2) is 34.9 Å². The number of nitrogens with one attached hydrogen (secondary N) is 1. The Morgan fingerprint density at radius 2 is 2.10 bits per heavy atom. The van der Waals surface area contributed by atoms with E-state index >= 15 is 0 Å². The van der Waals surface area contributed by atoms with E-state index in [1.807, 2.05) is 38.4 Å². The summed E-state index contributed by atoms with van der Waals surface area (Å²) < 4.78 is 8.38. The molecule has 0 spiro atoms. The molecular formula is C14H14BrN5O. The van der Waals surface area contributed by atoms with Gasteiger partial charge in [-0.25, -0.2) is 9.97 Å². The molecule has 7 heteroatoms. The van der Waals surface area contributed by atoms with Crippen LogP contribution in [0.5, 0.6) is 5.75 Å². The number of halogens is 1. The summed E-state index contributed by atoms with van der Waals surface area (Å²) in [7, 11) is 3.68. The van der Waals surface area contributed by atoms with Crippen LogP contribution in [0, 0.1) is 0 Å². The van der Waals surface area contributed by atoms with Crippen LogP contribution in [0.2, 0.25) is 0 Å². The number of ether oxygens (including phenoxy) is 1. The molecule has 0 atom stereocenters. The Kier molecular flexibility index (Phi) is 3.74. The van der Waals surface area contributed by atoms with Gasteiger partial charge in [0.2, 0.25) is 0 Å². The summed E-state index contributed by atoms with van der Waals surface area (Å²) in [5.41, 5.74) is 0.778. The summed E-state index contributed by atoms with van der Waals surface area (Å²) in [6.07, 6.45) is 1.75. The first-order chi connectivity index (χ1) is 10.2. The topological polar surface area (TPSA) is 64.9 Å². The number of benzene rings is 1. The van der Waals surface area contributed by atoms with Crippen LogP contribution in [0.25, 0.3) is 11.0 Å². The zero-order valence-electron chi connectivity index (χ0n) is 11.7. The molecule has 1 N–H and O–H groups in total. The monoisotopic (exact) mass is 347 g/mol. The van der Waals surface area contributed by atoms with Gasteiger partial charge in [0.1, 0.15) is 18.2 Å². The number of fused-ring (bicyclic) bond motifs is 1. The molecule has 3 rings (SSSR count). The van der Waals surface area contributed by atoms with E-state index in [0.29, 0.717) is 12.4 Å². The van der Waals surface area contributed by atoms with Gasteiger partial charge in [0.05, 0.1) is 16.1 Å². The summed E-state index contributed by atoms with van der Waals surface area (Å²) in [6.45, 7) is 0.290. The number of aromatic nitrogens is 4. The predicted molar refractivity (Wildman–Crippen MR) is 84.3 cm³/mol. The Hall–Kier alpha value is -2.15. The summed E-state index contributed by atoms with van der Waals surface area (Å²) in [4.78, 5) is 8.96. The van der Waals surface area contributed by atoms with Crippen molar-refractivity contribution in [2.24, 2.45) is 7.05 Å². The van der Waals surface area contributed by atoms with Crippen molar-refractivity contribution in [2.75, 3.05) is 12.4 Å². The molecule has 0 fully saturated rings. The Morgan fingerprint density at radius 1 is 1.29 bits per heavy atom. The molecule has 0 amide bonds. The van der Waals surface area contributed by atoms with E-state index < -0.39 is 0 Å². The van der Waals surface area contributed by atoms with Crippen molar-refractivity contribution in [2.45, 2.75) is 6.61 Å². The van der Waals surface area contributed by atoms with E-state index in [-0.39, 0.29) is 0 Å². The van der Waals surface area contributed by atoms with Crippen molar-refractivity contribution in [3.63, 3.8) is 0 Å². The third-order valence-corrected chi connectivity index (χ3v) is 3.72. The van der Waals surface area contributed by atoms with E-state index in [0.717, 1.165) is 27.1 Å². The van der Waals surface area contributed by atoms with E-state index in [1.165, 1.54) is 0 Å². The lowest BCUT2D eigenvalue weighted by Gasteiger charge is -2.09. The third-order valence-electron chi connectivity index (χ3n) is 3.07. The summed E-state index contributed by atoms with van der Waals surface area (Å²) in [6, 6.07) is 7.68. The Bertz CT molecular complexity index is 786. The van der Waals surface area contributed by atoms with Crippen molar-refractivity contribution in [3.8, 4) is 5.75 Å². The van der Waals surface area contributed by atoms with Crippen molar-refractivity contribution >= 4 is 32.8 Å². The highest BCUT2D eigenvalue weighted by Gasteiger charge is 2.11. The van der Waals surface area contributed by atoms with E-state index in [9.17, 15) is 0 Å². The quantitative estimate of drug-likeness (QED) is 0.785. The van der Waals surface area contributed by atoms with Crippen LogP contribution in [0.3, 0.4) is 0 Å². The average molecular weight is 348 g/mol. The standard InChI is InChI=1S/C14H14BrN5O/c1-16-13-9-7-17-20(2)14(9)19-12(18-13)8-21-11-6-4-3-5-10(11)15/h3-7H,8H2,1-2H3,(H,16,18,19). The number of hydrogen-bond acceptors (Lipinski definition) is 5. The van der Waals surface area contributed by atoms with Gasteiger partial charge in [0, 0.05) is 14.1 Å². The number of para-hydroxylation sites is 1. The van der Waals surface area contributed by atoms with Gasteiger partial charge in [0.25, 0.3) is 0 Å². The fourth-order valence-electron chi connectivity index (χ4n) is 2.03. The van der Waals surface area contributed by atoms with Gasteiger partial charge >= 0.3 is 0 Å². The molecule has 0 saturated carbocycles. The predicted octanol–water partition coefficient (Wildman–Crippen LogP) is 2.75. The highest BCUT2D eigenvalue weighted by Crippen LogP contribution is 2.25. The van der Waals surface area contributed by atoms with Gasteiger partial charge in [-0.3, -0.25) is 4.68 Å². The molecule has 2 heterocycles. The molecule has 0 aliphatic carbocycles. The lowest BCUT2D eigenvalue weighted by molar-refractivity contribution is 0.294. The molecule has 0 aliphatic heterocycles. The lowest BCUT2D eigenvalue weighted by Crippen LogP contribution is -2.06.